The average Bonchev–Trinajstić information content (AvgIpc) is 2.35. The lowest BCUT2D eigenvalue weighted by Gasteiger charge is -2.21. The maximum absolute atomic E-state index is 13.5. The van der Waals surface area contributed by atoms with Crippen molar-refractivity contribution >= 4 is 23.6 Å². The first kappa shape index (κ1) is 15.5. The lowest BCUT2D eigenvalue weighted by molar-refractivity contribution is -0.128. The van der Waals surface area contributed by atoms with Gasteiger partial charge in [0.2, 0.25) is 5.91 Å². The first-order valence-corrected chi connectivity index (χ1v) is 6.72. The normalized spacial score (nSPS) is 10.6. The number of hydrogen-bond acceptors (Lipinski definition) is 3. The van der Waals surface area contributed by atoms with Crippen molar-refractivity contribution in [2.45, 2.75) is 24.8 Å². The summed E-state index contributed by atoms with van der Waals surface area (Å²) in [4.78, 5) is 24.3. The molecule has 0 saturated heterocycles. The molecule has 1 aromatic carbocycles. The molecule has 0 heterocycles. The monoisotopic (exact) mass is 285 g/mol. The molecule has 0 aromatic heterocycles. The number of aromatic carboxylic acids is 1. The standard InChI is InChI=1S/C13H16FNO3S/c1-8(2)15(3)12(16)7-19-11-6-9(13(17)18)4-5-10(11)14/h4-6,8H,7H2,1-3H3,(H,17,18). The molecule has 0 aliphatic heterocycles. The molecule has 0 saturated carbocycles. The van der Waals surface area contributed by atoms with E-state index in [1.54, 1.807) is 11.9 Å². The zero-order chi connectivity index (χ0) is 14.6. The van der Waals surface area contributed by atoms with Crippen LogP contribution >= 0.6 is 11.8 Å². The van der Waals surface area contributed by atoms with Crippen LogP contribution in [0.15, 0.2) is 23.1 Å². The molecule has 19 heavy (non-hydrogen) atoms. The van der Waals surface area contributed by atoms with E-state index in [0.29, 0.717) is 0 Å². The maximum atomic E-state index is 13.5. The quantitative estimate of drug-likeness (QED) is 0.844. The minimum absolute atomic E-state index is 0.00793. The van der Waals surface area contributed by atoms with Crippen LogP contribution in [-0.2, 0) is 4.79 Å². The molecule has 6 heteroatoms. The molecule has 0 spiro atoms. The van der Waals surface area contributed by atoms with Crippen molar-refractivity contribution < 1.29 is 19.1 Å². The molecule has 1 N–H and O–H groups in total. The molecule has 0 radical (unpaired) electrons. The zero-order valence-corrected chi connectivity index (χ0v) is 11.8. The highest BCUT2D eigenvalue weighted by Gasteiger charge is 2.14. The molecule has 0 atom stereocenters. The first-order chi connectivity index (χ1) is 8.82. The van der Waals surface area contributed by atoms with E-state index in [-0.39, 0.29) is 28.2 Å². The van der Waals surface area contributed by atoms with Crippen molar-refractivity contribution in [3.63, 3.8) is 0 Å². The summed E-state index contributed by atoms with van der Waals surface area (Å²) in [6.07, 6.45) is 0. The van der Waals surface area contributed by atoms with Crippen molar-refractivity contribution in [1.29, 1.82) is 0 Å². The number of amides is 1. The van der Waals surface area contributed by atoms with Gasteiger partial charge in [0.15, 0.2) is 0 Å². The predicted molar refractivity (Wildman–Crippen MR) is 72.0 cm³/mol. The highest BCUT2D eigenvalue weighted by Crippen LogP contribution is 2.23. The Bertz CT molecular complexity index is 491. The van der Waals surface area contributed by atoms with Gasteiger partial charge in [-0.25, -0.2) is 9.18 Å². The highest BCUT2D eigenvalue weighted by molar-refractivity contribution is 8.00. The summed E-state index contributed by atoms with van der Waals surface area (Å²) in [7, 11) is 1.68. The maximum Gasteiger partial charge on any atom is 0.335 e. The summed E-state index contributed by atoms with van der Waals surface area (Å²) in [5, 5.41) is 8.83. The van der Waals surface area contributed by atoms with Crippen molar-refractivity contribution in [3.8, 4) is 0 Å². The van der Waals surface area contributed by atoms with Gasteiger partial charge in [-0.05, 0) is 32.0 Å². The van der Waals surface area contributed by atoms with E-state index >= 15 is 0 Å². The van der Waals surface area contributed by atoms with Crippen molar-refractivity contribution in [2.24, 2.45) is 0 Å². The lowest BCUT2D eigenvalue weighted by atomic mass is 10.2. The minimum atomic E-state index is -1.12. The number of halogens is 1. The van der Waals surface area contributed by atoms with Crippen LogP contribution in [0, 0.1) is 5.82 Å². The molecule has 0 bridgehead atoms. The Balaban J connectivity index is 2.75. The van der Waals surface area contributed by atoms with Gasteiger partial charge < -0.3 is 10.0 Å². The van der Waals surface area contributed by atoms with Crippen LogP contribution in [0.25, 0.3) is 0 Å². The molecule has 0 unspecified atom stereocenters. The van der Waals surface area contributed by atoms with E-state index in [0.717, 1.165) is 17.8 Å². The first-order valence-electron chi connectivity index (χ1n) is 5.74. The van der Waals surface area contributed by atoms with Crippen molar-refractivity contribution in [3.05, 3.63) is 29.6 Å². The summed E-state index contributed by atoms with van der Waals surface area (Å²) >= 11 is 1.00. The molecule has 1 aromatic rings. The Morgan fingerprint density at radius 1 is 1.42 bits per heavy atom. The van der Waals surface area contributed by atoms with Gasteiger partial charge in [-0.15, -0.1) is 11.8 Å². The SMILES string of the molecule is CC(C)N(C)C(=O)CSc1cc(C(=O)O)ccc1F. The fraction of sp³-hybridized carbons (Fsp3) is 0.385. The molecule has 1 rings (SSSR count). The third kappa shape index (κ3) is 4.24. The smallest absolute Gasteiger partial charge is 0.335 e. The van der Waals surface area contributed by atoms with E-state index in [9.17, 15) is 14.0 Å². The summed E-state index contributed by atoms with van der Waals surface area (Å²) in [6.45, 7) is 3.77. The predicted octanol–water partition coefficient (Wildman–Crippen LogP) is 2.48. The number of thioether (sulfide) groups is 1. The third-order valence-corrected chi connectivity index (χ3v) is 3.71. The van der Waals surface area contributed by atoms with Crippen LogP contribution in [0.1, 0.15) is 24.2 Å². The van der Waals surface area contributed by atoms with E-state index in [1.807, 2.05) is 13.8 Å². The van der Waals surface area contributed by atoms with Gasteiger partial charge in [0.25, 0.3) is 0 Å². The average molecular weight is 285 g/mol. The molecule has 4 nitrogen and oxygen atoms in total. The van der Waals surface area contributed by atoms with Gasteiger partial charge in [-0.2, -0.15) is 0 Å². The molecule has 0 aliphatic carbocycles. The van der Waals surface area contributed by atoms with E-state index < -0.39 is 11.8 Å². The molecule has 0 aliphatic rings. The molecule has 104 valence electrons. The summed E-state index contributed by atoms with van der Waals surface area (Å²) < 4.78 is 13.5. The van der Waals surface area contributed by atoms with E-state index in [2.05, 4.69) is 0 Å². The Hall–Kier alpha value is -1.56. The number of benzene rings is 1. The highest BCUT2D eigenvalue weighted by atomic mass is 32.2. The number of hydrogen-bond donors (Lipinski definition) is 1. The Morgan fingerprint density at radius 3 is 2.58 bits per heavy atom. The molecule has 1 amide bonds. The van der Waals surface area contributed by atoms with E-state index in [1.165, 1.54) is 12.1 Å². The number of nitrogens with zero attached hydrogens (tertiary/aromatic N) is 1. The van der Waals surface area contributed by atoms with Gasteiger partial charge in [0.1, 0.15) is 5.82 Å². The molecular formula is C13H16FNO3S. The van der Waals surface area contributed by atoms with Gasteiger partial charge in [-0.3, -0.25) is 4.79 Å². The van der Waals surface area contributed by atoms with Gasteiger partial charge in [0.05, 0.1) is 11.3 Å². The van der Waals surface area contributed by atoms with Crippen LogP contribution in [-0.4, -0.2) is 40.7 Å². The Kier molecular flexibility index (Phi) is 5.35. The van der Waals surface area contributed by atoms with Crippen molar-refractivity contribution in [1.82, 2.24) is 4.90 Å². The second-order valence-electron chi connectivity index (χ2n) is 4.34. The number of carbonyl (C=O) groups is 2. The van der Waals surface area contributed by atoms with Crippen LogP contribution in [0.3, 0.4) is 0 Å². The van der Waals surface area contributed by atoms with Crippen LogP contribution in [0.5, 0.6) is 0 Å². The zero-order valence-electron chi connectivity index (χ0n) is 11.0. The Morgan fingerprint density at radius 2 is 2.05 bits per heavy atom. The minimum Gasteiger partial charge on any atom is -0.478 e. The summed E-state index contributed by atoms with van der Waals surface area (Å²) in [5.41, 5.74) is 0.00793. The molecular weight excluding hydrogens is 269 g/mol. The third-order valence-electron chi connectivity index (χ3n) is 2.70. The number of carboxylic acids is 1. The second-order valence-corrected chi connectivity index (χ2v) is 5.35. The largest absolute Gasteiger partial charge is 0.478 e. The van der Waals surface area contributed by atoms with Gasteiger partial charge >= 0.3 is 5.97 Å². The number of rotatable bonds is 5. The van der Waals surface area contributed by atoms with Gasteiger partial charge in [0, 0.05) is 18.0 Å². The molecule has 0 fully saturated rings. The second kappa shape index (κ2) is 6.56. The number of carbonyl (C=O) groups excluding carboxylic acids is 1. The van der Waals surface area contributed by atoms with Crippen molar-refractivity contribution in [2.75, 3.05) is 12.8 Å². The summed E-state index contributed by atoms with van der Waals surface area (Å²) in [6, 6.07) is 3.61. The fourth-order valence-corrected chi connectivity index (χ4v) is 2.18. The topological polar surface area (TPSA) is 57.6 Å². The lowest BCUT2D eigenvalue weighted by Crippen LogP contribution is -2.34. The fourth-order valence-electron chi connectivity index (χ4n) is 1.28. The summed E-state index contributed by atoms with van der Waals surface area (Å²) in [5.74, 6) is -1.68. The van der Waals surface area contributed by atoms with Crippen LogP contribution in [0.2, 0.25) is 0 Å². The number of carboxylic acid groups (broad SMARTS) is 1. The van der Waals surface area contributed by atoms with Crippen LogP contribution in [0.4, 0.5) is 4.39 Å². The van der Waals surface area contributed by atoms with Gasteiger partial charge in [-0.1, -0.05) is 0 Å². The van der Waals surface area contributed by atoms with Crippen LogP contribution < -0.4 is 0 Å². The Labute approximate surface area is 115 Å². The van der Waals surface area contributed by atoms with E-state index in [4.69, 9.17) is 5.11 Å².